The molecule has 1 N–H and O–H groups in total. The average molecular weight is 236 g/mol. The average Bonchev–Trinajstić information content (AvgIpc) is 2.38. The molecule has 1 unspecified atom stereocenters. The highest BCUT2D eigenvalue weighted by Gasteiger charge is 2.07. The number of aryl methyl sites for hydroxylation is 1. The maximum absolute atomic E-state index is 5.38. The maximum Gasteiger partial charge on any atom is 0.0480 e. The Morgan fingerprint density at radius 1 is 1.35 bits per heavy atom. The van der Waals surface area contributed by atoms with Crippen molar-refractivity contribution < 1.29 is 4.74 Å². The molecule has 0 aliphatic carbocycles. The van der Waals surface area contributed by atoms with Crippen LogP contribution in [0, 0.1) is 0 Å². The Balaban J connectivity index is 2.43. The third-order valence-corrected chi connectivity index (χ3v) is 2.97. The van der Waals surface area contributed by atoms with Crippen LogP contribution in [0.3, 0.4) is 0 Å². The van der Waals surface area contributed by atoms with Crippen LogP contribution in [0.15, 0.2) is 18.3 Å². The number of pyridine rings is 1. The van der Waals surface area contributed by atoms with E-state index < -0.39 is 0 Å². The lowest BCUT2D eigenvalue weighted by molar-refractivity contribution is 0.137. The summed E-state index contributed by atoms with van der Waals surface area (Å²) in [6.45, 7) is 5.78. The summed E-state index contributed by atoms with van der Waals surface area (Å²) in [6.07, 6.45) is 5.02. The second-order valence-electron chi connectivity index (χ2n) is 4.19. The van der Waals surface area contributed by atoms with Crippen molar-refractivity contribution in [3.05, 3.63) is 29.6 Å². The summed E-state index contributed by atoms with van der Waals surface area (Å²) in [7, 11) is 2.00. The van der Waals surface area contributed by atoms with Crippen LogP contribution in [0.25, 0.3) is 0 Å². The van der Waals surface area contributed by atoms with Gasteiger partial charge in [-0.2, -0.15) is 0 Å². The zero-order valence-electron chi connectivity index (χ0n) is 11.2. The minimum absolute atomic E-state index is 0.446. The molecule has 1 aromatic heterocycles. The molecule has 0 aliphatic heterocycles. The Kier molecular flexibility index (Phi) is 6.82. The van der Waals surface area contributed by atoms with E-state index in [0.29, 0.717) is 6.04 Å². The highest BCUT2D eigenvalue weighted by atomic mass is 16.5. The van der Waals surface area contributed by atoms with Gasteiger partial charge in [-0.05, 0) is 38.4 Å². The van der Waals surface area contributed by atoms with E-state index in [9.17, 15) is 0 Å². The van der Waals surface area contributed by atoms with Gasteiger partial charge >= 0.3 is 0 Å². The normalized spacial score (nSPS) is 12.6. The fourth-order valence-electron chi connectivity index (χ4n) is 1.76. The minimum Gasteiger partial charge on any atom is -0.382 e. The maximum atomic E-state index is 5.38. The predicted molar refractivity (Wildman–Crippen MR) is 71.3 cm³/mol. The standard InChI is InChI=1S/C14H24N2O/c1-4-12-6-7-14(16-11-12)10-13(15-3)8-9-17-5-2/h6-7,11,13,15H,4-5,8-10H2,1-3H3. The lowest BCUT2D eigenvalue weighted by Gasteiger charge is -2.15. The van der Waals surface area contributed by atoms with Crippen LogP contribution in [-0.2, 0) is 17.6 Å². The minimum atomic E-state index is 0.446. The number of hydrogen-bond donors (Lipinski definition) is 1. The van der Waals surface area contributed by atoms with E-state index in [-0.39, 0.29) is 0 Å². The van der Waals surface area contributed by atoms with E-state index >= 15 is 0 Å². The molecule has 1 heterocycles. The summed E-state index contributed by atoms with van der Waals surface area (Å²) < 4.78 is 5.38. The zero-order valence-corrected chi connectivity index (χ0v) is 11.2. The second kappa shape index (κ2) is 8.20. The molecule has 0 saturated heterocycles. The summed E-state index contributed by atoms with van der Waals surface area (Å²) in [4.78, 5) is 4.48. The van der Waals surface area contributed by atoms with E-state index in [0.717, 1.165) is 38.2 Å². The van der Waals surface area contributed by atoms with Crippen molar-refractivity contribution >= 4 is 0 Å². The van der Waals surface area contributed by atoms with Crippen LogP contribution in [0.1, 0.15) is 31.5 Å². The lowest BCUT2D eigenvalue weighted by Crippen LogP contribution is -2.29. The second-order valence-corrected chi connectivity index (χ2v) is 4.19. The quantitative estimate of drug-likeness (QED) is 0.703. The summed E-state index contributed by atoms with van der Waals surface area (Å²) >= 11 is 0. The Hall–Kier alpha value is -0.930. The molecule has 0 radical (unpaired) electrons. The highest BCUT2D eigenvalue weighted by molar-refractivity contribution is 5.14. The topological polar surface area (TPSA) is 34.1 Å². The molecule has 0 saturated carbocycles. The van der Waals surface area contributed by atoms with Gasteiger partial charge in [-0.25, -0.2) is 0 Å². The van der Waals surface area contributed by atoms with Crippen molar-refractivity contribution in [3.8, 4) is 0 Å². The molecular weight excluding hydrogens is 212 g/mol. The molecule has 96 valence electrons. The van der Waals surface area contributed by atoms with Crippen LogP contribution in [0.2, 0.25) is 0 Å². The van der Waals surface area contributed by atoms with Crippen molar-refractivity contribution in [1.29, 1.82) is 0 Å². The fourth-order valence-corrected chi connectivity index (χ4v) is 1.76. The van der Waals surface area contributed by atoms with Gasteiger partial charge in [-0.3, -0.25) is 4.98 Å². The first-order chi connectivity index (χ1) is 8.30. The molecule has 3 heteroatoms. The van der Waals surface area contributed by atoms with Gasteiger partial charge in [0.15, 0.2) is 0 Å². The predicted octanol–water partition coefficient (Wildman–Crippen LogP) is 2.20. The fraction of sp³-hybridized carbons (Fsp3) is 0.643. The third-order valence-electron chi connectivity index (χ3n) is 2.97. The largest absolute Gasteiger partial charge is 0.382 e. The van der Waals surface area contributed by atoms with Gasteiger partial charge in [0.2, 0.25) is 0 Å². The zero-order chi connectivity index (χ0) is 12.5. The van der Waals surface area contributed by atoms with Gasteiger partial charge in [0.05, 0.1) is 0 Å². The Bertz CT molecular complexity index is 298. The lowest BCUT2D eigenvalue weighted by atomic mass is 10.1. The Morgan fingerprint density at radius 2 is 2.18 bits per heavy atom. The van der Waals surface area contributed by atoms with Gasteiger partial charge in [0, 0.05) is 37.6 Å². The van der Waals surface area contributed by atoms with E-state index in [4.69, 9.17) is 4.74 Å². The van der Waals surface area contributed by atoms with Crippen LogP contribution in [-0.4, -0.2) is 31.3 Å². The number of hydrogen-bond acceptors (Lipinski definition) is 3. The Morgan fingerprint density at radius 3 is 2.71 bits per heavy atom. The Labute approximate surface area is 105 Å². The first kappa shape index (κ1) is 14.1. The monoisotopic (exact) mass is 236 g/mol. The molecule has 3 nitrogen and oxygen atoms in total. The first-order valence-electron chi connectivity index (χ1n) is 6.49. The molecular formula is C14H24N2O. The molecule has 0 aliphatic rings. The number of rotatable bonds is 8. The van der Waals surface area contributed by atoms with Crippen LogP contribution in [0.4, 0.5) is 0 Å². The molecule has 0 aromatic carbocycles. The van der Waals surface area contributed by atoms with Crippen LogP contribution in [0.5, 0.6) is 0 Å². The summed E-state index contributed by atoms with van der Waals surface area (Å²) in [5.41, 5.74) is 2.45. The SMILES string of the molecule is CCOCCC(Cc1ccc(CC)cn1)NC. The van der Waals surface area contributed by atoms with Crippen LogP contribution >= 0.6 is 0 Å². The molecule has 0 amide bonds. The first-order valence-corrected chi connectivity index (χ1v) is 6.49. The van der Waals surface area contributed by atoms with Gasteiger partial charge in [-0.15, -0.1) is 0 Å². The van der Waals surface area contributed by atoms with Crippen LogP contribution < -0.4 is 5.32 Å². The summed E-state index contributed by atoms with van der Waals surface area (Å²) in [5.74, 6) is 0. The number of nitrogens with one attached hydrogen (secondary N) is 1. The van der Waals surface area contributed by atoms with Gasteiger partial charge in [0.25, 0.3) is 0 Å². The number of aromatic nitrogens is 1. The smallest absolute Gasteiger partial charge is 0.0480 e. The van der Waals surface area contributed by atoms with Crippen molar-refractivity contribution in [2.45, 2.75) is 39.2 Å². The molecule has 0 fully saturated rings. The van der Waals surface area contributed by atoms with E-state index in [1.807, 2.05) is 20.2 Å². The number of likely N-dealkylation sites (N-methyl/N-ethyl adjacent to an activating group) is 1. The molecule has 1 aromatic rings. The van der Waals surface area contributed by atoms with E-state index in [2.05, 4.69) is 29.4 Å². The molecule has 0 bridgehead atoms. The number of nitrogens with zero attached hydrogens (tertiary/aromatic N) is 1. The summed E-state index contributed by atoms with van der Waals surface area (Å²) in [6, 6.07) is 4.74. The van der Waals surface area contributed by atoms with Gasteiger partial charge in [-0.1, -0.05) is 13.0 Å². The number of ether oxygens (including phenoxy) is 1. The summed E-state index contributed by atoms with van der Waals surface area (Å²) in [5, 5.41) is 3.32. The molecule has 0 spiro atoms. The van der Waals surface area contributed by atoms with Gasteiger partial charge < -0.3 is 10.1 Å². The van der Waals surface area contributed by atoms with Gasteiger partial charge in [0.1, 0.15) is 0 Å². The molecule has 1 rings (SSSR count). The van der Waals surface area contributed by atoms with Crippen molar-refractivity contribution in [1.82, 2.24) is 10.3 Å². The highest BCUT2D eigenvalue weighted by Crippen LogP contribution is 2.06. The van der Waals surface area contributed by atoms with E-state index in [1.165, 1.54) is 5.56 Å². The van der Waals surface area contributed by atoms with Crippen molar-refractivity contribution in [2.75, 3.05) is 20.3 Å². The van der Waals surface area contributed by atoms with Crippen molar-refractivity contribution in [2.24, 2.45) is 0 Å². The third kappa shape index (κ3) is 5.29. The van der Waals surface area contributed by atoms with E-state index in [1.54, 1.807) is 0 Å². The van der Waals surface area contributed by atoms with Crippen molar-refractivity contribution in [3.63, 3.8) is 0 Å². The molecule has 1 atom stereocenters. The molecule has 17 heavy (non-hydrogen) atoms.